The summed E-state index contributed by atoms with van der Waals surface area (Å²) in [6.07, 6.45) is 1.37. The number of amides is 1. The Hall–Kier alpha value is -2.30. The first kappa shape index (κ1) is 16.6. The minimum atomic E-state index is -0.445. The predicted octanol–water partition coefficient (Wildman–Crippen LogP) is 2.85. The van der Waals surface area contributed by atoms with Crippen LogP contribution in [-0.4, -0.2) is 31.0 Å². The van der Waals surface area contributed by atoms with Gasteiger partial charge in [0.25, 0.3) is 0 Å². The number of piperidine rings is 1. The third kappa shape index (κ3) is 3.45. The van der Waals surface area contributed by atoms with E-state index in [1.54, 1.807) is 19.2 Å². The summed E-state index contributed by atoms with van der Waals surface area (Å²) >= 11 is 0. The number of nitrogens with zero attached hydrogens (tertiary/aromatic N) is 1. The lowest BCUT2D eigenvalue weighted by atomic mass is 9.91. The molecule has 0 radical (unpaired) electrons. The number of carbonyl (C=O) groups is 1. The van der Waals surface area contributed by atoms with Crippen LogP contribution in [0.1, 0.15) is 25.8 Å². The molecule has 2 aromatic rings. The Bertz CT molecular complexity index is 801. The van der Waals surface area contributed by atoms with Gasteiger partial charge in [0.1, 0.15) is 11.3 Å². The fourth-order valence-electron chi connectivity index (χ4n) is 3.62. The fourth-order valence-corrected chi connectivity index (χ4v) is 3.62. The predicted molar refractivity (Wildman–Crippen MR) is 92.3 cm³/mol. The molecule has 5 nitrogen and oxygen atoms in total. The highest BCUT2D eigenvalue weighted by atomic mass is 16.5. The molecular formula is C19H23NO4. The van der Waals surface area contributed by atoms with E-state index in [2.05, 4.69) is 13.8 Å². The second kappa shape index (κ2) is 6.67. The van der Waals surface area contributed by atoms with Crippen LogP contribution < -0.4 is 10.4 Å². The smallest absolute Gasteiger partial charge is 0.336 e. The number of ether oxygens (including phenoxy) is 1. The van der Waals surface area contributed by atoms with Crippen LogP contribution in [0.4, 0.5) is 0 Å². The molecule has 1 aromatic carbocycles. The zero-order valence-corrected chi connectivity index (χ0v) is 14.4. The van der Waals surface area contributed by atoms with E-state index in [9.17, 15) is 9.59 Å². The molecule has 1 amide bonds. The number of rotatable bonds is 3. The maximum absolute atomic E-state index is 12.7. The van der Waals surface area contributed by atoms with Crippen LogP contribution in [0.5, 0.6) is 5.75 Å². The Labute approximate surface area is 141 Å². The lowest BCUT2D eigenvalue weighted by Gasteiger charge is -2.35. The molecule has 1 saturated heterocycles. The van der Waals surface area contributed by atoms with Crippen molar-refractivity contribution < 1.29 is 13.9 Å². The van der Waals surface area contributed by atoms with Crippen LogP contribution in [-0.2, 0) is 11.2 Å². The summed E-state index contributed by atoms with van der Waals surface area (Å²) in [4.78, 5) is 26.5. The van der Waals surface area contributed by atoms with Crippen molar-refractivity contribution in [1.82, 2.24) is 4.90 Å². The van der Waals surface area contributed by atoms with Crippen molar-refractivity contribution in [2.75, 3.05) is 20.2 Å². The van der Waals surface area contributed by atoms with Crippen molar-refractivity contribution in [3.63, 3.8) is 0 Å². The van der Waals surface area contributed by atoms with Gasteiger partial charge in [-0.1, -0.05) is 13.8 Å². The Kier molecular flexibility index (Phi) is 4.60. The minimum absolute atomic E-state index is 0.0659. The topological polar surface area (TPSA) is 59.8 Å². The van der Waals surface area contributed by atoms with E-state index in [4.69, 9.17) is 9.15 Å². The van der Waals surface area contributed by atoms with Gasteiger partial charge in [0.05, 0.1) is 13.5 Å². The summed E-state index contributed by atoms with van der Waals surface area (Å²) < 4.78 is 10.4. The molecule has 0 bridgehead atoms. The van der Waals surface area contributed by atoms with Crippen LogP contribution in [0.3, 0.4) is 0 Å². The minimum Gasteiger partial charge on any atom is -0.497 e. The molecule has 0 N–H and O–H groups in total. The largest absolute Gasteiger partial charge is 0.497 e. The first-order chi connectivity index (χ1) is 11.5. The number of methoxy groups -OCH3 is 1. The van der Waals surface area contributed by atoms with E-state index < -0.39 is 5.63 Å². The van der Waals surface area contributed by atoms with Crippen LogP contribution >= 0.6 is 0 Å². The monoisotopic (exact) mass is 329 g/mol. The summed E-state index contributed by atoms with van der Waals surface area (Å²) in [5.74, 6) is 1.71. The Balaban J connectivity index is 1.89. The van der Waals surface area contributed by atoms with E-state index in [0.29, 0.717) is 28.7 Å². The zero-order chi connectivity index (χ0) is 17.3. The number of carbonyl (C=O) groups excluding carboxylic acids is 1. The van der Waals surface area contributed by atoms with Gasteiger partial charge in [-0.15, -0.1) is 0 Å². The number of hydrogen-bond acceptors (Lipinski definition) is 4. The van der Waals surface area contributed by atoms with Crippen LogP contribution in [0.25, 0.3) is 11.0 Å². The average molecular weight is 329 g/mol. The molecule has 0 unspecified atom stereocenters. The summed E-state index contributed by atoms with van der Waals surface area (Å²) in [7, 11) is 1.56. The first-order valence-electron chi connectivity index (χ1n) is 8.35. The molecule has 1 aromatic heterocycles. The molecular weight excluding hydrogens is 306 g/mol. The van der Waals surface area contributed by atoms with Gasteiger partial charge in [0.15, 0.2) is 0 Å². The summed E-state index contributed by atoms with van der Waals surface area (Å²) in [5, 5.41) is 0.779. The van der Waals surface area contributed by atoms with Gasteiger partial charge in [-0.05, 0) is 36.0 Å². The fraction of sp³-hybridized carbons (Fsp3) is 0.474. The van der Waals surface area contributed by atoms with E-state index in [-0.39, 0.29) is 12.3 Å². The van der Waals surface area contributed by atoms with Gasteiger partial charge in [-0.25, -0.2) is 4.79 Å². The van der Waals surface area contributed by atoms with Crippen molar-refractivity contribution in [3.05, 3.63) is 40.2 Å². The number of fused-ring (bicyclic) bond motifs is 1. The lowest BCUT2D eigenvalue weighted by Crippen LogP contribution is -2.43. The molecule has 24 heavy (non-hydrogen) atoms. The molecule has 1 fully saturated rings. The molecule has 1 aliphatic rings. The third-order valence-corrected chi connectivity index (χ3v) is 4.60. The highest BCUT2D eigenvalue weighted by Crippen LogP contribution is 2.25. The summed E-state index contributed by atoms with van der Waals surface area (Å²) in [6, 6.07) is 6.74. The highest BCUT2D eigenvalue weighted by Gasteiger charge is 2.25. The quantitative estimate of drug-likeness (QED) is 0.813. The molecule has 2 heterocycles. The van der Waals surface area contributed by atoms with Crippen molar-refractivity contribution in [3.8, 4) is 5.75 Å². The van der Waals surface area contributed by atoms with Crippen LogP contribution in [0.2, 0.25) is 0 Å². The summed E-state index contributed by atoms with van der Waals surface area (Å²) in [5.41, 5.74) is 0.712. The second-order valence-corrected chi connectivity index (χ2v) is 6.87. The number of likely N-dealkylation sites (tertiary alicyclic amines) is 1. The maximum atomic E-state index is 12.7. The molecule has 0 spiro atoms. The van der Waals surface area contributed by atoms with Crippen LogP contribution in [0, 0.1) is 11.8 Å². The van der Waals surface area contributed by atoms with Crippen LogP contribution in [0.15, 0.2) is 33.5 Å². The van der Waals surface area contributed by atoms with Crippen molar-refractivity contribution in [2.24, 2.45) is 11.8 Å². The van der Waals surface area contributed by atoms with Gasteiger partial charge in [0.2, 0.25) is 5.91 Å². The third-order valence-electron chi connectivity index (χ3n) is 4.60. The van der Waals surface area contributed by atoms with Gasteiger partial charge in [0, 0.05) is 30.6 Å². The Morgan fingerprint density at radius 3 is 2.62 bits per heavy atom. The lowest BCUT2D eigenvalue weighted by molar-refractivity contribution is -0.133. The van der Waals surface area contributed by atoms with Crippen molar-refractivity contribution >= 4 is 16.9 Å². The molecule has 0 saturated carbocycles. The molecule has 0 aliphatic carbocycles. The Morgan fingerprint density at radius 1 is 1.25 bits per heavy atom. The van der Waals surface area contributed by atoms with E-state index in [0.717, 1.165) is 24.9 Å². The standard InChI is InChI=1S/C19H23NO4/c1-12-6-13(2)11-20(10-12)18(21)7-14-8-19(22)24-17-9-15(23-3)4-5-16(14)17/h4-5,8-9,12-13H,6-7,10-11H2,1-3H3/t12-,13+. The van der Waals surface area contributed by atoms with Gasteiger partial charge >= 0.3 is 5.63 Å². The number of benzene rings is 1. The van der Waals surface area contributed by atoms with E-state index in [1.807, 2.05) is 11.0 Å². The summed E-state index contributed by atoms with van der Waals surface area (Å²) in [6.45, 7) is 5.93. The van der Waals surface area contributed by atoms with E-state index >= 15 is 0 Å². The zero-order valence-electron chi connectivity index (χ0n) is 14.4. The second-order valence-electron chi connectivity index (χ2n) is 6.87. The number of hydrogen-bond donors (Lipinski definition) is 0. The SMILES string of the molecule is COc1ccc2c(CC(=O)N3C[C@H](C)C[C@H](C)C3)cc(=O)oc2c1. The van der Waals surface area contributed by atoms with Crippen molar-refractivity contribution in [1.29, 1.82) is 0 Å². The normalized spacial score (nSPS) is 21.0. The average Bonchev–Trinajstić information content (AvgIpc) is 2.53. The van der Waals surface area contributed by atoms with Gasteiger partial charge in [-0.2, -0.15) is 0 Å². The van der Waals surface area contributed by atoms with Crippen molar-refractivity contribution in [2.45, 2.75) is 26.7 Å². The van der Waals surface area contributed by atoms with Gasteiger partial charge in [-0.3, -0.25) is 4.79 Å². The van der Waals surface area contributed by atoms with E-state index in [1.165, 1.54) is 6.07 Å². The molecule has 2 atom stereocenters. The molecule has 128 valence electrons. The molecule has 5 heteroatoms. The first-order valence-corrected chi connectivity index (χ1v) is 8.35. The highest BCUT2D eigenvalue weighted by molar-refractivity contribution is 5.87. The maximum Gasteiger partial charge on any atom is 0.336 e. The molecule has 3 rings (SSSR count). The molecule has 1 aliphatic heterocycles. The van der Waals surface area contributed by atoms with Gasteiger partial charge < -0.3 is 14.1 Å². The Morgan fingerprint density at radius 2 is 1.96 bits per heavy atom.